The summed E-state index contributed by atoms with van der Waals surface area (Å²) in [7, 11) is 4.32. The van der Waals surface area contributed by atoms with Crippen LogP contribution in [0.4, 0.5) is 11.4 Å². The summed E-state index contributed by atoms with van der Waals surface area (Å²) in [6.45, 7) is 0. The van der Waals surface area contributed by atoms with Crippen molar-refractivity contribution in [1.29, 1.82) is 0 Å². The number of nitrogens with zero attached hydrogens (tertiary/aromatic N) is 2. The average Bonchev–Trinajstić information content (AvgIpc) is 3.05. The minimum Gasteiger partial charge on any atom is -0.344 e. The number of benzene rings is 4. The van der Waals surface area contributed by atoms with E-state index in [2.05, 4.69) is 108 Å². The molecule has 6 rings (SSSR count). The fraction of sp³-hybridized carbons (Fsp3) is 0.111. The van der Waals surface area contributed by atoms with Gasteiger partial charge in [-0.05, 0) is 52.6 Å². The number of rotatable bonds is 1. The van der Waals surface area contributed by atoms with Crippen LogP contribution in [-0.2, 0) is 13.5 Å². The summed E-state index contributed by atoms with van der Waals surface area (Å²) in [6.07, 6.45) is 0.986. The maximum atomic E-state index is 2.37. The first-order chi connectivity index (χ1) is 14.2. The van der Waals surface area contributed by atoms with Gasteiger partial charge in [-0.1, -0.05) is 54.6 Å². The number of para-hydroxylation sites is 2. The fourth-order valence-corrected chi connectivity index (χ4v) is 4.90. The summed E-state index contributed by atoms with van der Waals surface area (Å²) in [5, 5.41) is 2.64. The van der Waals surface area contributed by atoms with E-state index in [1.54, 1.807) is 0 Å². The molecule has 1 aliphatic heterocycles. The third-order valence-corrected chi connectivity index (χ3v) is 6.42. The Morgan fingerprint density at radius 3 is 2.21 bits per heavy atom. The standard InChI is InChI=1S/C27H22N2/c1-28-24-9-5-3-7-20(24)16-21-15-18(12-14-25(21)28)19-11-13-23-22-8-4-6-10-26(22)29(2)27(23)17-19/h3-15,17H,16H2,1-2H3. The molecule has 4 aromatic carbocycles. The van der Waals surface area contributed by atoms with Crippen molar-refractivity contribution in [3.8, 4) is 11.1 Å². The molecule has 140 valence electrons. The molecule has 0 saturated heterocycles. The second-order valence-electron chi connectivity index (χ2n) is 8.02. The summed E-state index contributed by atoms with van der Waals surface area (Å²) < 4.78 is 2.30. The highest BCUT2D eigenvalue weighted by Crippen LogP contribution is 2.39. The zero-order valence-electron chi connectivity index (χ0n) is 16.7. The number of anilines is 2. The number of hydrogen-bond acceptors (Lipinski definition) is 1. The minimum absolute atomic E-state index is 0.986. The average molecular weight is 374 g/mol. The number of aryl methyl sites for hydroxylation is 1. The van der Waals surface area contributed by atoms with Crippen LogP contribution in [-0.4, -0.2) is 11.6 Å². The van der Waals surface area contributed by atoms with Gasteiger partial charge >= 0.3 is 0 Å². The van der Waals surface area contributed by atoms with Crippen LogP contribution in [0.1, 0.15) is 11.1 Å². The third kappa shape index (κ3) is 2.35. The summed E-state index contributed by atoms with van der Waals surface area (Å²) in [5.74, 6) is 0. The highest BCUT2D eigenvalue weighted by molar-refractivity contribution is 6.09. The topological polar surface area (TPSA) is 8.17 Å². The van der Waals surface area contributed by atoms with E-state index < -0.39 is 0 Å². The summed E-state index contributed by atoms with van der Waals surface area (Å²) in [6, 6.07) is 31.1. The van der Waals surface area contributed by atoms with Crippen LogP contribution < -0.4 is 4.90 Å². The van der Waals surface area contributed by atoms with E-state index in [4.69, 9.17) is 0 Å². The van der Waals surface area contributed by atoms with Gasteiger partial charge < -0.3 is 9.47 Å². The molecule has 0 saturated carbocycles. The molecule has 0 unspecified atom stereocenters. The number of fused-ring (bicyclic) bond motifs is 5. The molecule has 0 aliphatic carbocycles. The van der Waals surface area contributed by atoms with Gasteiger partial charge in [0, 0.05) is 53.7 Å². The molecule has 5 aromatic rings. The highest BCUT2D eigenvalue weighted by Gasteiger charge is 2.20. The Morgan fingerprint density at radius 1 is 0.586 bits per heavy atom. The lowest BCUT2D eigenvalue weighted by Crippen LogP contribution is -2.18. The highest BCUT2D eigenvalue weighted by atomic mass is 15.1. The van der Waals surface area contributed by atoms with Crippen LogP contribution >= 0.6 is 0 Å². The van der Waals surface area contributed by atoms with E-state index in [0.717, 1.165) is 6.42 Å². The van der Waals surface area contributed by atoms with E-state index in [0.29, 0.717) is 0 Å². The van der Waals surface area contributed by atoms with Crippen molar-refractivity contribution < 1.29 is 0 Å². The monoisotopic (exact) mass is 374 g/mol. The van der Waals surface area contributed by atoms with Gasteiger partial charge in [0.15, 0.2) is 0 Å². The zero-order chi connectivity index (χ0) is 19.5. The molecule has 0 spiro atoms. The molecule has 2 heterocycles. The molecule has 29 heavy (non-hydrogen) atoms. The molecule has 0 radical (unpaired) electrons. The normalized spacial score (nSPS) is 13.0. The second kappa shape index (κ2) is 5.99. The van der Waals surface area contributed by atoms with Gasteiger partial charge in [0.05, 0.1) is 0 Å². The van der Waals surface area contributed by atoms with Crippen molar-refractivity contribution in [3.05, 3.63) is 96.1 Å². The predicted octanol–water partition coefficient (Wildman–Crippen LogP) is 6.67. The van der Waals surface area contributed by atoms with E-state index >= 15 is 0 Å². The Hall–Kier alpha value is -3.52. The van der Waals surface area contributed by atoms with Crippen LogP contribution in [0.15, 0.2) is 84.9 Å². The molecule has 0 amide bonds. The molecule has 0 bridgehead atoms. The molecular formula is C27H22N2. The predicted molar refractivity (Wildman–Crippen MR) is 123 cm³/mol. The summed E-state index contributed by atoms with van der Waals surface area (Å²) in [5.41, 5.74) is 10.5. The molecular weight excluding hydrogens is 352 g/mol. The fourth-order valence-electron chi connectivity index (χ4n) is 4.90. The molecule has 2 nitrogen and oxygen atoms in total. The smallest absolute Gasteiger partial charge is 0.0494 e. The van der Waals surface area contributed by atoms with Gasteiger partial charge in [0.1, 0.15) is 0 Å². The number of hydrogen-bond donors (Lipinski definition) is 0. The largest absolute Gasteiger partial charge is 0.344 e. The lowest BCUT2D eigenvalue weighted by atomic mass is 9.92. The maximum Gasteiger partial charge on any atom is 0.0494 e. The zero-order valence-corrected chi connectivity index (χ0v) is 16.7. The Morgan fingerprint density at radius 2 is 1.28 bits per heavy atom. The molecule has 1 aromatic heterocycles. The first-order valence-corrected chi connectivity index (χ1v) is 10.1. The van der Waals surface area contributed by atoms with Gasteiger partial charge in [-0.15, -0.1) is 0 Å². The molecule has 0 N–H and O–H groups in total. The van der Waals surface area contributed by atoms with Gasteiger partial charge in [-0.3, -0.25) is 0 Å². The van der Waals surface area contributed by atoms with Crippen molar-refractivity contribution >= 4 is 33.2 Å². The first-order valence-electron chi connectivity index (χ1n) is 10.1. The first kappa shape index (κ1) is 16.4. The Bertz CT molecular complexity index is 1410. The van der Waals surface area contributed by atoms with Crippen molar-refractivity contribution in [2.24, 2.45) is 7.05 Å². The van der Waals surface area contributed by atoms with E-state index in [9.17, 15) is 0 Å². The van der Waals surface area contributed by atoms with E-state index in [1.807, 2.05) is 0 Å². The van der Waals surface area contributed by atoms with Crippen molar-refractivity contribution in [2.75, 3.05) is 11.9 Å². The molecule has 0 atom stereocenters. The maximum absolute atomic E-state index is 2.37. The van der Waals surface area contributed by atoms with Crippen LogP contribution in [0.3, 0.4) is 0 Å². The van der Waals surface area contributed by atoms with Crippen molar-refractivity contribution in [3.63, 3.8) is 0 Å². The van der Waals surface area contributed by atoms with Gasteiger partial charge in [-0.25, -0.2) is 0 Å². The van der Waals surface area contributed by atoms with Crippen LogP contribution in [0, 0.1) is 0 Å². The molecule has 1 aliphatic rings. The molecule has 0 fully saturated rings. The van der Waals surface area contributed by atoms with Crippen molar-refractivity contribution in [2.45, 2.75) is 6.42 Å². The Labute approximate surface area is 170 Å². The lowest BCUT2D eigenvalue weighted by Gasteiger charge is -2.30. The van der Waals surface area contributed by atoms with Gasteiger partial charge in [0.2, 0.25) is 0 Å². The van der Waals surface area contributed by atoms with Crippen LogP contribution in [0.25, 0.3) is 32.9 Å². The van der Waals surface area contributed by atoms with E-state index in [-0.39, 0.29) is 0 Å². The summed E-state index contributed by atoms with van der Waals surface area (Å²) >= 11 is 0. The second-order valence-corrected chi connectivity index (χ2v) is 8.02. The van der Waals surface area contributed by atoms with Gasteiger partial charge in [-0.2, -0.15) is 0 Å². The van der Waals surface area contributed by atoms with E-state index in [1.165, 1.54) is 55.4 Å². The minimum atomic E-state index is 0.986. The lowest BCUT2D eigenvalue weighted by molar-refractivity contribution is 1.01. The summed E-state index contributed by atoms with van der Waals surface area (Å²) in [4.78, 5) is 2.31. The number of aromatic nitrogens is 1. The SMILES string of the molecule is CN1c2ccccc2Cc2cc(-c3ccc4c5ccccc5n(C)c4c3)ccc21. The molecule has 2 heteroatoms. The van der Waals surface area contributed by atoms with Crippen LogP contribution in [0.2, 0.25) is 0 Å². The van der Waals surface area contributed by atoms with Gasteiger partial charge in [0.25, 0.3) is 0 Å². The quantitative estimate of drug-likeness (QED) is 0.318. The Balaban J connectivity index is 1.49. The van der Waals surface area contributed by atoms with Crippen LogP contribution in [0.5, 0.6) is 0 Å². The third-order valence-electron chi connectivity index (χ3n) is 6.42. The van der Waals surface area contributed by atoms with Crippen molar-refractivity contribution in [1.82, 2.24) is 4.57 Å². The Kier molecular flexibility index (Phi) is 3.39.